The van der Waals surface area contributed by atoms with E-state index in [1.165, 1.54) is 19.2 Å². The molecule has 3 nitrogen and oxygen atoms in total. The maximum atomic E-state index is 10.8. The van der Waals surface area contributed by atoms with E-state index in [9.17, 15) is 4.79 Å². The highest BCUT2D eigenvalue weighted by Gasteiger charge is 2.12. The molecule has 0 amide bonds. The van der Waals surface area contributed by atoms with Gasteiger partial charge in [-0.15, -0.1) is 0 Å². The zero-order chi connectivity index (χ0) is 10.7. The summed E-state index contributed by atoms with van der Waals surface area (Å²) in [7, 11) is 1.48. The lowest BCUT2D eigenvalue weighted by molar-refractivity contribution is 0.0692. The molecule has 0 fully saturated rings. The van der Waals surface area contributed by atoms with Gasteiger partial charge in [-0.1, -0.05) is 23.2 Å². The van der Waals surface area contributed by atoms with Crippen molar-refractivity contribution in [3.8, 4) is 0 Å². The van der Waals surface area contributed by atoms with Crippen molar-refractivity contribution in [3.63, 3.8) is 0 Å². The lowest BCUT2D eigenvalue weighted by Crippen LogP contribution is -2.03. The number of aromatic carboxylic acids is 1. The Hall–Kier alpha value is -0.770. The molecule has 14 heavy (non-hydrogen) atoms. The van der Waals surface area contributed by atoms with E-state index in [1.807, 2.05) is 0 Å². The Labute approximate surface area is 91.2 Å². The van der Waals surface area contributed by atoms with Crippen molar-refractivity contribution in [1.29, 1.82) is 0 Å². The predicted molar refractivity (Wildman–Crippen MR) is 54.1 cm³/mol. The minimum Gasteiger partial charge on any atom is -0.478 e. The summed E-state index contributed by atoms with van der Waals surface area (Å²) in [5, 5.41) is 9.40. The van der Waals surface area contributed by atoms with Crippen LogP contribution in [0.15, 0.2) is 12.1 Å². The largest absolute Gasteiger partial charge is 0.478 e. The van der Waals surface area contributed by atoms with Gasteiger partial charge in [0.05, 0.1) is 22.2 Å². The molecule has 1 N–H and O–H groups in total. The standard InChI is InChI=1S/C9H8Cl2O3/c1-14-4-5-2-7(10)8(11)3-6(5)9(12)13/h2-3H,4H2,1H3,(H,12,13). The number of carboxylic acid groups (broad SMARTS) is 1. The number of carboxylic acids is 1. The van der Waals surface area contributed by atoms with E-state index in [0.29, 0.717) is 10.6 Å². The van der Waals surface area contributed by atoms with Crippen molar-refractivity contribution in [2.45, 2.75) is 6.61 Å². The average molecular weight is 235 g/mol. The Morgan fingerprint density at radius 1 is 1.43 bits per heavy atom. The summed E-state index contributed by atoms with van der Waals surface area (Å²) in [6.07, 6.45) is 0. The van der Waals surface area contributed by atoms with Gasteiger partial charge in [0.25, 0.3) is 0 Å². The number of methoxy groups -OCH3 is 1. The number of halogens is 2. The SMILES string of the molecule is COCc1cc(Cl)c(Cl)cc1C(=O)O. The zero-order valence-electron chi connectivity index (χ0n) is 7.38. The summed E-state index contributed by atoms with van der Waals surface area (Å²) in [5.74, 6) is -1.05. The highest BCUT2D eigenvalue weighted by atomic mass is 35.5. The van der Waals surface area contributed by atoms with Crippen LogP contribution in [0, 0.1) is 0 Å². The van der Waals surface area contributed by atoms with Gasteiger partial charge in [0.2, 0.25) is 0 Å². The van der Waals surface area contributed by atoms with Crippen LogP contribution in [0.4, 0.5) is 0 Å². The van der Waals surface area contributed by atoms with Crippen LogP contribution in [0.2, 0.25) is 10.0 Å². The predicted octanol–water partition coefficient (Wildman–Crippen LogP) is 2.84. The van der Waals surface area contributed by atoms with E-state index >= 15 is 0 Å². The smallest absolute Gasteiger partial charge is 0.336 e. The highest BCUT2D eigenvalue weighted by molar-refractivity contribution is 6.42. The van der Waals surface area contributed by atoms with Crippen molar-refractivity contribution in [2.24, 2.45) is 0 Å². The molecule has 0 radical (unpaired) electrons. The summed E-state index contributed by atoms with van der Waals surface area (Å²) < 4.78 is 4.85. The van der Waals surface area contributed by atoms with E-state index < -0.39 is 5.97 Å². The fourth-order valence-corrected chi connectivity index (χ4v) is 1.41. The van der Waals surface area contributed by atoms with Crippen LogP contribution in [0.1, 0.15) is 15.9 Å². The number of rotatable bonds is 3. The molecule has 0 saturated heterocycles. The van der Waals surface area contributed by atoms with Gasteiger partial charge in [-0.25, -0.2) is 4.79 Å². The molecule has 76 valence electrons. The Morgan fingerprint density at radius 3 is 2.50 bits per heavy atom. The number of hydrogen-bond acceptors (Lipinski definition) is 2. The molecule has 0 aliphatic heterocycles. The second kappa shape index (κ2) is 4.64. The van der Waals surface area contributed by atoms with Gasteiger partial charge in [0.1, 0.15) is 0 Å². The summed E-state index contributed by atoms with van der Waals surface area (Å²) >= 11 is 11.4. The van der Waals surface area contributed by atoms with Gasteiger partial charge in [-0.05, 0) is 17.7 Å². The first-order chi connectivity index (χ1) is 6.56. The van der Waals surface area contributed by atoms with Crippen molar-refractivity contribution in [2.75, 3.05) is 7.11 Å². The molecule has 0 aliphatic carbocycles. The molecule has 1 aromatic carbocycles. The number of benzene rings is 1. The third-order valence-corrected chi connectivity index (χ3v) is 2.40. The summed E-state index contributed by atoms with van der Waals surface area (Å²) in [5.41, 5.74) is 0.621. The molecule has 0 spiro atoms. The molecule has 0 atom stereocenters. The monoisotopic (exact) mass is 234 g/mol. The molecule has 1 aromatic rings. The van der Waals surface area contributed by atoms with E-state index in [1.54, 1.807) is 0 Å². The molecule has 0 bridgehead atoms. The van der Waals surface area contributed by atoms with Gasteiger partial charge >= 0.3 is 5.97 Å². The maximum Gasteiger partial charge on any atom is 0.336 e. The number of ether oxygens (including phenoxy) is 1. The van der Waals surface area contributed by atoms with Gasteiger partial charge < -0.3 is 9.84 Å². The molecule has 0 aliphatic rings. The molecule has 0 aromatic heterocycles. The fraction of sp³-hybridized carbons (Fsp3) is 0.222. The Kier molecular flexibility index (Phi) is 3.75. The topological polar surface area (TPSA) is 46.5 Å². The maximum absolute atomic E-state index is 10.8. The first kappa shape index (κ1) is 11.3. The first-order valence-corrected chi connectivity index (χ1v) is 4.52. The van der Waals surface area contributed by atoms with Crippen molar-refractivity contribution in [1.82, 2.24) is 0 Å². The van der Waals surface area contributed by atoms with Crippen LogP contribution in [-0.2, 0) is 11.3 Å². The van der Waals surface area contributed by atoms with Crippen LogP contribution >= 0.6 is 23.2 Å². The van der Waals surface area contributed by atoms with Crippen LogP contribution in [0.25, 0.3) is 0 Å². The Bertz CT molecular complexity index is 363. The summed E-state index contributed by atoms with van der Waals surface area (Å²) in [4.78, 5) is 10.8. The molecule has 0 saturated carbocycles. The highest BCUT2D eigenvalue weighted by Crippen LogP contribution is 2.26. The summed E-state index contributed by atoms with van der Waals surface area (Å²) in [6.45, 7) is 0.193. The van der Waals surface area contributed by atoms with Crippen LogP contribution < -0.4 is 0 Å². The third-order valence-electron chi connectivity index (χ3n) is 1.68. The molecule has 5 heteroatoms. The quantitative estimate of drug-likeness (QED) is 0.876. The van der Waals surface area contributed by atoms with Gasteiger partial charge in [-0.2, -0.15) is 0 Å². The first-order valence-electron chi connectivity index (χ1n) is 3.76. The molecule has 0 unspecified atom stereocenters. The van der Waals surface area contributed by atoms with Crippen molar-refractivity contribution in [3.05, 3.63) is 33.3 Å². The van der Waals surface area contributed by atoms with Crippen LogP contribution in [-0.4, -0.2) is 18.2 Å². The Morgan fingerprint density at radius 2 is 2.00 bits per heavy atom. The van der Waals surface area contributed by atoms with Crippen LogP contribution in [0.3, 0.4) is 0 Å². The van der Waals surface area contributed by atoms with E-state index in [-0.39, 0.29) is 17.2 Å². The minimum atomic E-state index is -1.05. The third kappa shape index (κ3) is 2.38. The lowest BCUT2D eigenvalue weighted by atomic mass is 10.1. The second-order valence-electron chi connectivity index (χ2n) is 2.66. The van der Waals surface area contributed by atoms with E-state index in [0.717, 1.165) is 0 Å². The zero-order valence-corrected chi connectivity index (χ0v) is 8.89. The van der Waals surface area contributed by atoms with Gasteiger partial charge in [0.15, 0.2) is 0 Å². The minimum absolute atomic E-state index is 0.112. The average Bonchev–Trinajstić information content (AvgIpc) is 2.11. The van der Waals surface area contributed by atoms with Crippen molar-refractivity contribution >= 4 is 29.2 Å². The number of hydrogen-bond donors (Lipinski definition) is 1. The molecule has 1 rings (SSSR count). The fourth-order valence-electron chi connectivity index (χ4n) is 1.06. The molecule has 0 heterocycles. The van der Waals surface area contributed by atoms with Crippen LogP contribution in [0.5, 0.6) is 0 Å². The lowest BCUT2D eigenvalue weighted by Gasteiger charge is -2.06. The Balaban J connectivity index is 3.24. The van der Waals surface area contributed by atoms with Crippen molar-refractivity contribution < 1.29 is 14.6 Å². The normalized spacial score (nSPS) is 10.2. The molecular weight excluding hydrogens is 227 g/mol. The molecular formula is C9H8Cl2O3. The van der Waals surface area contributed by atoms with E-state index in [2.05, 4.69) is 0 Å². The number of carbonyl (C=O) groups is 1. The van der Waals surface area contributed by atoms with E-state index in [4.69, 9.17) is 33.0 Å². The summed E-state index contributed by atoms with van der Waals surface area (Å²) in [6, 6.07) is 2.82. The van der Waals surface area contributed by atoms with Gasteiger partial charge in [0, 0.05) is 7.11 Å². The second-order valence-corrected chi connectivity index (χ2v) is 3.48. The van der Waals surface area contributed by atoms with Gasteiger partial charge in [-0.3, -0.25) is 0 Å².